The number of aliphatic imine (C=N–C) groups is 1. The van der Waals surface area contributed by atoms with E-state index in [9.17, 15) is 19.5 Å². The van der Waals surface area contributed by atoms with Gasteiger partial charge in [-0.2, -0.15) is 4.48 Å². The van der Waals surface area contributed by atoms with E-state index >= 15 is 0 Å². The lowest BCUT2D eigenvalue weighted by atomic mass is 10.2. The summed E-state index contributed by atoms with van der Waals surface area (Å²) in [5, 5.41) is 12.3. The van der Waals surface area contributed by atoms with Crippen LogP contribution >= 0.6 is 15.9 Å². The van der Waals surface area contributed by atoms with Gasteiger partial charge in [0.15, 0.2) is 0 Å². The molecule has 3 rings (SSSR count). The second-order valence-electron chi connectivity index (χ2n) is 8.85. The quantitative estimate of drug-likeness (QED) is 0.302. The molecule has 10 heteroatoms. The minimum atomic E-state index is -1.41. The predicted octanol–water partition coefficient (Wildman–Crippen LogP) is 4.46. The minimum Gasteiger partial charge on any atom is -0.497 e. The first-order valence-corrected chi connectivity index (χ1v) is 11.6. The Morgan fingerprint density at radius 3 is 2.34 bits per heavy atom. The molecule has 0 fully saturated rings. The Morgan fingerprint density at radius 2 is 1.74 bits per heavy atom. The van der Waals surface area contributed by atoms with E-state index in [0.29, 0.717) is 15.7 Å². The smallest absolute Gasteiger partial charge is 0.410 e. The number of hydrogen-bond donors (Lipinski definition) is 0. The van der Waals surface area contributed by atoms with E-state index < -0.39 is 28.2 Å². The van der Waals surface area contributed by atoms with Crippen LogP contribution in [-0.2, 0) is 4.74 Å². The number of carboxylic acid groups (broad SMARTS) is 1. The van der Waals surface area contributed by atoms with Crippen LogP contribution in [0.25, 0.3) is 0 Å². The third-order valence-electron chi connectivity index (χ3n) is 5.13. The van der Waals surface area contributed by atoms with Gasteiger partial charge in [-0.1, -0.05) is 12.1 Å². The Balaban J connectivity index is 1.75. The lowest BCUT2D eigenvalue weighted by Crippen LogP contribution is -2.59. The second kappa shape index (κ2) is 10.4. The number of hydrogen-bond acceptors (Lipinski definition) is 7. The molecule has 0 saturated heterocycles. The van der Waals surface area contributed by atoms with Gasteiger partial charge in [0, 0.05) is 30.2 Å². The Kier molecular flexibility index (Phi) is 7.76. The summed E-state index contributed by atoms with van der Waals surface area (Å²) in [7, 11) is 1.57. The second-order valence-corrected chi connectivity index (χ2v) is 9.70. The fourth-order valence-corrected chi connectivity index (χ4v) is 3.83. The van der Waals surface area contributed by atoms with Crippen LogP contribution in [0.1, 0.15) is 37.6 Å². The van der Waals surface area contributed by atoms with E-state index in [-0.39, 0.29) is 24.6 Å². The van der Waals surface area contributed by atoms with E-state index in [2.05, 4.69) is 20.9 Å². The molecule has 2 aromatic rings. The molecule has 0 saturated carbocycles. The molecule has 1 heterocycles. The van der Waals surface area contributed by atoms with Gasteiger partial charge in [0.05, 0.1) is 18.2 Å². The lowest BCUT2D eigenvalue weighted by Gasteiger charge is -2.32. The summed E-state index contributed by atoms with van der Waals surface area (Å²) in [6, 6.07) is 12.9. The van der Waals surface area contributed by atoms with Crippen LogP contribution in [0, 0.1) is 0 Å². The average molecular weight is 544 g/mol. The van der Waals surface area contributed by atoms with Crippen molar-refractivity contribution in [2.75, 3.05) is 13.6 Å². The zero-order valence-electron chi connectivity index (χ0n) is 19.9. The molecule has 0 radical (unpaired) electrons. The number of ether oxygens (including phenoxy) is 2. The first-order chi connectivity index (χ1) is 16.4. The van der Waals surface area contributed by atoms with Crippen LogP contribution in [-0.4, -0.2) is 48.1 Å². The van der Waals surface area contributed by atoms with Gasteiger partial charge >= 0.3 is 12.1 Å². The van der Waals surface area contributed by atoms with Crippen molar-refractivity contribution >= 4 is 45.6 Å². The highest BCUT2D eigenvalue weighted by atomic mass is 79.9. The molecule has 0 aliphatic carbocycles. The summed E-state index contributed by atoms with van der Waals surface area (Å²) < 4.78 is 10.6. The topological polar surface area (TPSA) is 108 Å². The van der Waals surface area contributed by atoms with Gasteiger partial charge in [-0.05, 0) is 61.0 Å². The van der Waals surface area contributed by atoms with Crippen molar-refractivity contribution < 1.29 is 29.0 Å². The van der Waals surface area contributed by atoms with Crippen molar-refractivity contribution in [3.05, 3.63) is 71.0 Å². The van der Waals surface area contributed by atoms with E-state index in [1.165, 1.54) is 41.6 Å². The van der Waals surface area contributed by atoms with Crippen molar-refractivity contribution in [1.29, 1.82) is 0 Å². The number of halogens is 1. The molecule has 1 aliphatic heterocycles. The summed E-state index contributed by atoms with van der Waals surface area (Å²) in [5.74, 6) is -0.0433. The van der Waals surface area contributed by atoms with Gasteiger partial charge in [0.1, 0.15) is 23.2 Å². The van der Waals surface area contributed by atoms with Crippen molar-refractivity contribution in [1.82, 2.24) is 9.38 Å². The maximum absolute atomic E-state index is 12.5. The highest BCUT2D eigenvalue weighted by Crippen LogP contribution is 2.31. The molecule has 184 valence electrons. The van der Waals surface area contributed by atoms with Gasteiger partial charge in [-0.25, -0.2) is 14.6 Å². The van der Waals surface area contributed by atoms with Crippen LogP contribution in [0.4, 0.5) is 15.3 Å². The number of amidine groups is 1. The molecule has 2 amide bonds. The molecule has 0 bridgehead atoms. The SMILES string of the molecule is CN(CCC1=NC=C[N+]1(C(=O)[O-])c1ccc(OC(=O)c2ccccc2Br)cc1)C(=O)OC(C)(C)C. The number of benzene rings is 2. The maximum Gasteiger partial charge on any atom is 0.410 e. The van der Waals surface area contributed by atoms with Crippen LogP contribution in [0.15, 0.2) is 70.4 Å². The van der Waals surface area contributed by atoms with Crippen LogP contribution in [0.3, 0.4) is 0 Å². The molecular formula is C25H26BrN3O6. The third-order valence-corrected chi connectivity index (χ3v) is 5.82. The van der Waals surface area contributed by atoms with Gasteiger partial charge < -0.3 is 24.3 Å². The Bertz CT molecular complexity index is 1190. The highest BCUT2D eigenvalue weighted by molar-refractivity contribution is 9.10. The van der Waals surface area contributed by atoms with Crippen LogP contribution < -0.4 is 14.3 Å². The number of nitrogens with zero attached hydrogens (tertiary/aromatic N) is 3. The summed E-state index contributed by atoms with van der Waals surface area (Å²) in [5.41, 5.74) is 0.0450. The molecule has 0 spiro atoms. The molecular weight excluding hydrogens is 518 g/mol. The number of carbonyl (C=O) groups is 3. The van der Waals surface area contributed by atoms with E-state index in [4.69, 9.17) is 9.47 Å². The fraction of sp³-hybridized carbons (Fsp3) is 0.280. The highest BCUT2D eigenvalue weighted by Gasteiger charge is 2.41. The molecule has 9 nitrogen and oxygen atoms in total. The molecule has 2 aromatic carbocycles. The number of amides is 2. The molecule has 1 atom stereocenters. The zero-order chi connectivity index (χ0) is 25.8. The summed E-state index contributed by atoms with van der Waals surface area (Å²) >= 11 is 3.32. The average Bonchev–Trinajstić information content (AvgIpc) is 3.22. The molecule has 0 N–H and O–H groups in total. The first-order valence-electron chi connectivity index (χ1n) is 10.8. The van der Waals surface area contributed by atoms with E-state index in [0.717, 1.165) is 0 Å². The van der Waals surface area contributed by atoms with E-state index in [1.54, 1.807) is 52.1 Å². The standard InChI is InChI=1S/C25H26BrN3O6/c1-25(2,3)35-23(31)28(4)15-13-21-27-14-16-29(21,24(32)33)17-9-11-18(12-10-17)34-22(30)19-7-5-6-8-20(19)26/h5-12,14,16H,13,15H2,1-4H3. The van der Waals surface area contributed by atoms with Gasteiger partial charge in [0.25, 0.3) is 6.09 Å². The van der Waals surface area contributed by atoms with Crippen LogP contribution in [0.2, 0.25) is 0 Å². The summed E-state index contributed by atoms with van der Waals surface area (Å²) in [6.07, 6.45) is 1.01. The largest absolute Gasteiger partial charge is 0.497 e. The normalized spacial score (nSPS) is 17.0. The van der Waals surface area contributed by atoms with Gasteiger partial charge in [0.2, 0.25) is 5.84 Å². The Hall–Kier alpha value is -3.50. The summed E-state index contributed by atoms with van der Waals surface area (Å²) in [6.45, 7) is 5.48. The van der Waals surface area contributed by atoms with Crippen molar-refractivity contribution in [2.24, 2.45) is 4.99 Å². The Labute approximate surface area is 212 Å². The monoisotopic (exact) mass is 543 g/mol. The maximum atomic E-state index is 12.5. The molecule has 1 unspecified atom stereocenters. The van der Waals surface area contributed by atoms with Gasteiger partial charge in [-0.15, -0.1) is 0 Å². The van der Waals surface area contributed by atoms with Crippen molar-refractivity contribution in [2.45, 2.75) is 32.8 Å². The molecule has 1 aliphatic rings. The zero-order valence-corrected chi connectivity index (χ0v) is 21.4. The van der Waals surface area contributed by atoms with Crippen molar-refractivity contribution in [3.8, 4) is 5.75 Å². The van der Waals surface area contributed by atoms with Gasteiger partial charge in [-0.3, -0.25) is 0 Å². The fourth-order valence-electron chi connectivity index (χ4n) is 3.38. The van der Waals surface area contributed by atoms with E-state index in [1.807, 2.05) is 0 Å². The van der Waals surface area contributed by atoms with Crippen LogP contribution in [0.5, 0.6) is 5.75 Å². The van der Waals surface area contributed by atoms with Crippen molar-refractivity contribution in [3.63, 3.8) is 0 Å². The third kappa shape index (κ3) is 5.95. The lowest BCUT2D eigenvalue weighted by molar-refractivity contribution is -0.257. The number of quaternary nitrogens is 1. The first kappa shape index (κ1) is 26.1. The summed E-state index contributed by atoms with van der Waals surface area (Å²) in [4.78, 5) is 42.6. The molecule has 35 heavy (non-hydrogen) atoms. The predicted molar refractivity (Wildman–Crippen MR) is 133 cm³/mol. The minimum absolute atomic E-state index is 0.162. The molecule has 0 aromatic heterocycles. The number of rotatable bonds is 6. The number of esters is 1. The Morgan fingerprint density at radius 1 is 1.09 bits per heavy atom. The number of carbonyl (C=O) groups excluding carboxylic acids is 3.